The molecule has 51 heavy (non-hydrogen) atoms. The van der Waals surface area contributed by atoms with E-state index in [-0.39, 0.29) is 0 Å². The minimum atomic E-state index is 0.899. The highest BCUT2D eigenvalue weighted by atomic mass is 32.1. The van der Waals surface area contributed by atoms with E-state index < -0.39 is 0 Å². The van der Waals surface area contributed by atoms with Gasteiger partial charge in [-0.2, -0.15) is 0 Å². The van der Waals surface area contributed by atoms with Gasteiger partial charge in [0.25, 0.3) is 0 Å². The van der Waals surface area contributed by atoms with Crippen LogP contribution >= 0.6 is 12.6 Å². The largest absolute Gasteiger partial charge is 0.247 e. The summed E-state index contributed by atoms with van der Waals surface area (Å²) in [4.78, 5) is 16.7. The summed E-state index contributed by atoms with van der Waals surface area (Å²) in [6.07, 6.45) is 0. The molecular weight excluding hydrogens is 639 g/mol. The molecule has 0 amide bonds. The SMILES string of the molecule is Sc1c(-c2ccccc2)ccc2nc(-c3ccc(-c4ccc5ccc6ccc(-c7ccccc7)nc6c5n4)c4ccccc34)c3ccccc3c12. The molecule has 0 unspecified atom stereocenters. The molecule has 3 heterocycles. The molecule has 7 aromatic carbocycles. The Hall–Kier alpha value is -6.36. The van der Waals surface area contributed by atoms with Crippen LogP contribution in [-0.2, 0) is 0 Å². The Balaban J connectivity index is 1.16. The number of aromatic nitrogens is 3. The maximum Gasteiger partial charge on any atom is 0.0972 e. The predicted molar refractivity (Wildman–Crippen MR) is 216 cm³/mol. The number of hydrogen-bond acceptors (Lipinski definition) is 4. The van der Waals surface area contributed by atoms with E-state index in [0.29, 0.717) is 0 Å². The van der Waals surface area contributed by atoms with Crippen molar-refractivity contribution in [2.45, 2.75) is 4.90 Å². The van der Waals surface area contributed by atoms with Crippen LogP contribution in [0.1, 0.15) is 0 Å². The molecule has 0 aliphatic heterocycles. The highest BCUT2D eigenvalue weighted by Gasteiger charge is 2.18. The second-order valence-electron chi connectivity index (χ2n) is 12.9. The normalized spacial score (nSPS) is 11.6. The van der Waals surface area contributed by atoms with Crippen LogP contribution in [0, 0.1) is 0 Å². The van der Waals surface area contributed by atoms with Gasteiger partial charge in [0.1, 0.15) is 0 Å². The van der Waals surface area contributed by atoms with Crippen molar-refractivity contribution >= 4 is 66.9 Å². The average molecular weight is 668 g/mol. The maximum atomic E-state index is 5.36. The zero-order valence-corrected chi connectivity index (χ0v) is 28.3. The van der Waals surface area contributed by atoms with Crippen molar-refractivity contribution in [3.63, 3.8) is 0 Å². The van der Waals surface area contributed by atoms with E-state index in [4.69, 9.17) is 27.6 Å². The second-order valence-corrected chi connectivity index (χ2v) is 13.3. The second kappa shape index (κ2) is 11.9. The minimum absolute atomic E-state index is 0.899. The lowest BCUT2D eigenvalue weighted by Crippen LogP contribution is -1.94. The fraction of sp³-hybridized carbons (Fsp3) is 0. The molecule has 0 aliphatic carbocycles. The summed E-state index contributed by atoms with van der Waals surface area (Å²) in [5.41, 5.74) is 11.0. The number of rotatable bonds is 4. The van der Waals surface area contributed by atoms with E-state index in [1.54, 1.807) is 0 Å². The lowest BCUT2D eigenvalue weighted by Gasteiger charge is -2.16. The average Bonchev–Trinajstić information content (AvgIpc) is 3.20. The van der Waals surface area contributed by atoms with Crippen molar-refractivity contribution in [2.75, 3.05) is 0 Å². The summed E-state index contributed by atoms with van der Waals surface area (Å²) in [5.74, 6) is 0. The smallest absolute Gasteiger partial charge is 0.0972 e. The Kier molecular flexibility index (Phi) is 6.90. The fourth-order valence-corrected chi connectivity index (χ4v) is 7.94. The molecule has 10 aromatic rings. The minimum Gasteiger partial charge on any atom is -0.247 e. The third-order valence-corrected chi connectivity index (χ3v) is 10.4. The van der Waals surface area contributed by atoms with Gasteiger partial charge in [-0.1, -0.05) is 152 Å². The molecule has 0 saturated carbocycles. The molecule has 3 nitrogen and oxygen atoms in total. The summed E-state index contributed by atoms with van der Waals surface area (Å²) in [7, 11) is 0. The van der Waals surface area contributed by atoms with Crippen LogP contribution in [0.15, 0.2) is 175 Å². The number of thiol groups is 1. The standard InChI is InChI=1S/C47H29N3S/c51-47-33(29-11-3-1-4-12-29)25-28-42-43(47)37-17-9-10-18-38(37)46(50-42)39-24-23-36(34-15-7-8-16-35(34)39)41-27-22-32-20-19-31-21-26-40(30-13-5-2-6-14-30)48-44(31)45(32)49-41/h1-28,51H. The monoisotopic (exact) mass is 667 g/mol. The highest BCUT2D eigenvalue weighted by molar-refractivity contribution is 7.80. The first kappa shape index (κ1) is 29.5. The molecule has 0 N–H and O–H groups in total. The van der Waals surface area contributed by atoms with E-state index >= 15 is 0 Å². The lowest BCUT2D eigenvalue weighted by molar-refractivity contribution is 1.37. The summed E-state index contributed by atoms with van der Waals surface area (Å²) < 4.78 is 0. The molecule has 0 spiro atoms. The van der Waals surface area contributed by atoms with Crippen LogP contribution in [0.2, 0.25) is 0 Å². The van der Waals surface area contributed by atoms with Crippen LogP contribution in [0.5, 0.6) is 0 Å². The zero-order valence-electron chi connectivity index (χ0n) is 27.5. The van der Waals surface area contributed by atoms with Crippen molar-refractivity contribution < 1.29 is 0 Å². The Bertz CT molecular complexity index is 2970. The summed E-state index contributed by atoms with van der Waals surface area (Å²) in [5, 5.41) is 7.69. The van der Waals surface area contributed by atoms with Gasteiger partial charge in [0.05, 0.1) is 33.6 Å². The van der Waals surface area contributed by atoms with Gasteiger partial charge in [0.2, 0.25) is 0 Å². The van der Waals surface area contributed by atoms with Gasteiger partial charge < -0.3 is 0 Å². The number of fused-ring (bicyclic) bond motifs is 7. The van der Waals surface area contributed by atoms with Crippen LogP contribution in [-0.4, -0.2) is 15.0 Å². The Morgan fingerprint density at radius 3 is 1.57 bits per heavy atom. The van der Waals surface area contributed by atoms with Crippen LogP contribution < -0.4 is 0 Å². The first-order valence-electron chi connectivity index (χ1n) is 17.1. The van der Waals surface area contributed by atoms with E-state index in [1.807, 2.05) is 24.3 Å². The van der Waals surface area contributed by atoms with E-state index in [1.165, 1.54) is 0 Å². The van der Waals surface area contributed by atoms with E-state index in [2.05, 4.69) is 146 Å². The Labute approximate surface area is 300 Å². The van der Waals surface area contributed by atoms with E-state index in [0.717, 1.165) is 104 Å². The lowest BCUT2D eigenvalue weighted by atomic mass is 9.92. The molecule has 0 atom stereocenters. The first-order valence-corrected chi connectivity index (χ1v) is 17.5. The van der Waals surface area contributed by atoms with E-state index in [9.17, 15) is 0 Å². The van der Waals surface area contributed by atoms with Gasteiger partial charge >= 0.3 is 0 Å². The van der Waals surface area contributed by atoms with Crippen LogP contribution in [0.4, 0.5) is 0 Å². The van der Waals surface area contributed by atoms with Gasteiger partial charge in [-0.15, -0.1) is 12.6 Å². The third kappa shape index (κ3) is 4.87. The van der Waals surface area contributed by atoms with Crippen LogP contribution in [0.25, 0.3) is 99.2 Å². The molecule has 238 valence electrons. The van der Waals surface area contributed by atoms with Gasteiger partial charge in [0.15, 0.2) is 0 Å². The molecule has 0 bridgehead atoms. The van der Waals surface area contributed by atoms with Gasteiger partial charge in [0, 0.05) is 43.1 Å². The highest BCUT2D eigenvalue weighted by Crippen LogP contribution is 2.42. The van der Waals surface area contributed by atoms with Crippen LogP contribution in [0.3, 0.4) is 0 Å². The maximum absolute atomic E-state index is 5.36. The molecular formula is C47H29N3S. The number of nitrogens with zero attached hydrogens (tertiary/aromatic N) is 3. The molecule has 4 heteroatoms. The number of benzene rings is 7. The molecule has 10 rings (SSSR count). The number of hydrogen-bond donors (Lipinski definition) is 1. The van der Waals surface area contributed by atoms with Crippen molar-refractivity contribution in [3.05, 3.63) is 170 Å². The molecule has 0 saturated heterocycles. The number of pyridine rings is 3. The van der Waals surface area contributed by atoms with Crippen molar-refractivity contribution in [1.82, 2.24) is 15.0 Å². The first-order chi connectivity index (χ1) is 25.2. The zero-order chi connectivity index (χ0) is 33.9. The Morgan fingerprint density at radius 2 is 0.863 bits per heavy atom. The van der Waals surface area contributed by atoms with Crippen molar-refractivity contribution in [1.29, 1.82) is 0 Å². The third-order valence-electron chi connectivity index (χ3n) is 9.97. The molecule has 0 aliphatic rings. The molecule has 0 radical (unpaired) electrons. The summed E-state index contributed by atoms with van der Waals surface area (Å²) in [6.45, 7) is 0. The molecule has 0 fully saturated rings. The Morgan fingerprint density at radius 1 is 0.353 bits per heavy atom. The summed E-state index contributed by atoms with van der Waals surface area (Å²) >= 11 is 5.11. The van der Waals surface area contributed by atoms with Crippen molar-refractivity contribution in [3.8, 4) is 44.9 Å². The van der Waals surface area contributed by atoms with Gasteiger partial charge in [-0.05, 0) is 45.5 Å². The fourth-order valence-electron chi connectivity index (χ4n) is 7.50. The molecule has 3 aromatic heterocycles. The van der Waals surface area contributed by atoms with Gasteiger partial charge in [-0.25, -0.2) is 15.0 Å². The quantitative estimate of drug-likeness (QED) is 0.150. The van der Waals surface area contributed by atoms with Gasteiger partial charge in [-0.3, -0.25) is 0 Å². The van der Waals surface area contributed by atoms with Crippen molar-refractivity contribution in [2.24, 2.45) is 0 Å². The summed E-state index contributed by atoms with van der Waals surface area (Å²) in [6, 6.07) is 59.3. The predicted octanol–water partition coefficient (Wildman–Crippen LogP) is 12.6. The topological polar surface area (TPSA) is 38.7 Å².